The first-order valence-electron chi connectivity index (χ1n) is 6.66. The minimum Gasteiger partial charge on any atom is -0.476 e. The van der Waals surface area contributed by atoms with Gasteiger partial charge in [-0.3, -0.25) is 4.79 Å². The minimum atomic E-state index is -3.06. The van der Waals surface area contributed by atoms with Crippen molar-refractivity contribution in [2.24, 2.45) is 0 Å². The third-order valence-corrected chi connectivity index (χ3v) is 3.37. The van der Waals surface area contributed by atoms with Crippen molar-refractivity contribution in [2.45, 2.75) is 13.0 Å². The molecule has 1 amide bonds. The van der Waals surface area contributed by atoms with Crippen LogP contribution in [0.1, 0.15) is 26.5 Å². The molecule has 0 radical (unpaired) electrons. The Morgan fingerprint density at radius 3 is 2.83 bits per heavy atom. The fourth-order valence-corrected chi connectivity index (χ4v) is 2.48. The highest BCUT2D eigenvalue weighted by atomic mass is 19.3. The Morgan fingerprint density at radius 2 is 2.13 bits per heavy atom. The van der Waals surface area contributed by atoms with Gasteiger partial charge in [0.05, 0.1) is 0 Å². The first kappa shape index (κ1) is 14.9. The van der Waals surface area contributed by atoms with Crippen molar-refractivity contribution in [3.8, 4) is 11.4 Å². The van der Waals surface area contributed by atoms with Crippen LogP contribution in [0.15, 0.2) is 24.3 Å². The van der Waals surface area contributed by atoms with Crippen LogP contribution in [0.25, 0.3) is 5.69 Å². The summed E-state index contributed by atoms with van der Waals surface area (Å²) in [6.07, 6.45) is 0.292. The summed E-state index contributed by atoms with van der Waals surface area (Å²) in [5, 5.41) is 15.7. The Bertz CT molecular complexity index is 788. The molecule has 1 aliphatic rings. The van der Waals surface area contributed by atoms with E-state index in [1.165, 1.54) is 18.2 Å². The van der Waals surface area contributed by atoms with Crippen LogP contribution in [0.3, 0.4) is 0 Å². The van der Waals surface area contributed by atoms with Crippen LogP contribution in [0.4, 0.5) is 8.78 Å². The van der Waals surface area contributed by atoms with Gasteiger partial charge >= 0.3 is 12.6 Å². The lowest BCUT2D eigenvalue weighted by atomic mass is 10.1. The average Bonchev–Trinajstić information content (AvgIpc) is 2.88. The van der Waals surface area contributed by atoms with Crippen molar-refractivity contribution < 1.29 is 28.2 Å². The third kappa shape index (κ3) is 2.60. The second-order valence-corrected chi connectivity index (χ2v) is 4.74. The van der Waals surface area contributed by atoms with E-state index in [4.69, 9.17) is 0 Å². The van der Waals surface area contributed by atoms with Gasteiger partial charge in [0.1, 0.15) is 11.4 Å². The smallest absolute Gasteiger partial charge is 0.387 e. The average molecular weight is 323 g/mol. The van der Waals surface area contributed by atoms with Gasteiger partial charge in [0.25, 0.3) is 5.91 Å². The molecule has 0 spiro atoms. The maximum atomic E-state index is 12.5. The van der Waals surface area contributed by atoms with E-state index in [0.29, 0.717) is 6.42 Å². The first-order chi connectivity index (χ1) is 11.0. The Hall–Kier alpha value is -2.97. The number of fused-ring (bicyclic) bond motifs is 1. The van der Waals surface area contributed by atoms with Crippen LogP contribution in [0.2, 0.25) is 0 Å². The number of hydrogen-bond acceptors (Lipinski definition) is 4. The number of rotatable bonds is 4. The van der Waals surface area contributed by atoms with Crippen molar-refractivity contribution in [3.05, 3.63) is 41.2 Å². The lowest BCUT2D eigenvalue weighted by Gasteiger charge is -2.16. The van der Waals surface area contributed by atoms with E-state index in [1.807, 2.05) is 0 Å². The van der Waals surface area contributed by atoms with Crippen LogP contribution in [-0.2, 0) is 6.42 Å². The van der Waals surface area contributed by atoms with Crippen LogP contribution >= 0.6 is 0 Å². The van der Waals surface area contributed by atoms with Gasteiger partial charge < -0.3 is 15.2 Å². The van der Waals surface area contributed by atoms with E-state index < -0.39 is 18.5 Å². The Balaban J connectivity index is 2.22. The number of para-hydroxylation sites is 2. The summed E-state index contributed by atoms with van der Waals surface area (Å²) in [6.45, 7) is -2.78. The molecule has 2 aromatic rings. The molecule has 9 heteroatoms. The molecule has 0 saturated heterocycles. The molecule has 0 atom stereocenters. The molecule has 0 aliphatic carbocycles. The molecule has 0 fully saturated rings. The molecule has 7 nitrogen and oxygen atoms in total. The monoisotopic (exact) mass is 323 g/mol. The normalized spacial score (nSPS) is 13.6. The molecular formula is C14H11F2N3O4. The zero-order valence-electron chi connectivity index (χ0n) is 11.6. The van der Waals surface area contributed by atoms with E-state index in [2.05, 4.69) is 15.2 Å². The van der Waals surface area contributed by atoms with E-state index in [-0.39, 0.29) is 34.9 Å². The second-order valence-electron chi connectivity index (χ2n) is 4.74. The number of ether oxygens (including phenoxy) is 1. The molecule has 1 aromatic heterocycles. The van der Waals surface area contributed by atoms with Gasteiger partial charge in [-0.15, -0.1) is 0 Å². The number of nitrogens with zero attached hydrogens (tertiary/aromatic N) is 2. The van der Waals surface area contributed by atoms with Gasteiger partial charge in [0, 0.05) is 12.1 Å². The molecule has 0 saturated carbocycles. The summed E-state index contributed by atoms with van der Waals surface area (Å²) in [5.41, 5.74) is 0.0716. The number of hydrogen-bond donors (Lipinski definition) is 2. The van der Waals surface area contributed by atoms with Gasteiger partial charge in [0.15, 0.2) is 11.4 Å². The number of benzene rings is 1. The summed E-state index contributed by atoms with van der Waals surface area (Å²) in [5.74, 6) is -2.01. The minimum absolute atomic E-state index is 0.0129. The fourth-order valence-electron chi connectivity index (χ4n) is 2.48. The highest BCUT2D eigenvalue weighted by Crippen LogP contribution is 2.28. The maximum Gasteiger partial charge on any atom is 0.387 e. The maximum absolute atomic E-state index is 12.5. The number of carbonyl (C=O) groups excluding carboxylic acids is 1. The van der Waals surface area contributed by atoms with Gasteiger partial charge in [-0.25, -0.2) is 9.48 Å². The van der Waals surface area contributed by atoms with E-state index in [1.54, 1.807) is 6.07 Å². The number of carbonyl (C=O) groups is 2. The quantitative estimate of drug-likeness (QED) is 0.888. The fraction of sp³-hybridized carbons (Fsp3) is 0.214. The number of halogens is 2. The molecule has 120 valence electrons. The zero-order chi connectivity index (χ0) is 16.6. The molecule has 23 heavy (non-hydrogen) atoms. The molecule has 1 aliphatic heterocycles. The standard InChI is InChI=1S/C14H11F2N3O4/c15-14(16)23-9-4-2-1-3-8(9)19-11-7(5-6-17-12(11)20)10(18-19)13(21)22/h1-4,14H,5-6H2,(H,17,20)(H,21,22). The number of carboxylic acid groups (broad SMARTS) is 1. The van der Waals surface area contributed by atoms with Crippen molar-refractivity contribution in [1.29, 1.82) is 0 Å². The molecule has 0 unspecified atom stereocenters. The van der Waals surface area contributed by atoms with Crippen LogP contribution in [0.5, 0.6) is 5.75 Å². The third-order valence-electron chi connectivity index (χ3n) is 3.37. The van der Waals surface area contributed by atoms with Crippen molar-refractivity contribution >= 4 is 11.9 Å². The van der Waals surface area contributed by atoms with E-state index in [0.717, 1.165) is 4.68 Å². The Labute approximate surface area is 128 Å². The number of aromatic nitrogens is 2. The highest BCUT2D eigenvalue weighted by Gasteiger charge is 2.31. The highest BCUT2D eigenvalue weighted by molar-refractivity contribution is 5.99. The van der Waals surface area contributed by atoms with Crippen molar-refractivity contribution in [1.82, 2.24) is 15.1 Å². The van der Waals surface area contributed by atoms with Gasteiger partial charge in [0.2, 0.25) is 0 Å². The lowest BCUT2D eigenvalue weighted by molar-refractivity contribution is -0.0499. The predicted molar refractivity (Wildman–Crippen MR) is 73.2 cm³/mol. The van der Waals surface area contributed by atoms with Gasteiger partial charge in [-0.1, -0.05) is 12.1 Å². The SMILES string of the molecule is O=C(O)c1nn(-c2ccccc2OC(F)F)c2c1CCNC2=O. The summed E-state index contributed by atoms with van der Waals surface area (Å²) < 4.78 is 30.5. The Kier molecular flexibility index (Phi) is 3.68. The first-order valence-corrected chi connectivity index (χ1v) is 6.66. The summed E-state index contributed by atoms with van der Waals surface area (Å²) in [4.78, 5) is 23.4. The van der Waals surface area contributed by atoms with Crippen LogP contribution in [-0.4, -0.2) is 39.9 Å². The van der Waals surface area contributed by atoms with Gasteiger partial charge in [-0.05, 0) is 18.6 Å². The number of aromatic carboxylic acids is 1. The Morgan fingerprint density at radius 1 is 1.39 bits per heavy atom. The molecule has 0 bridgehead atoms. The number of nitrogens with one attached hydrogen (secondary N) is 1. The van der Waals surface area contributed by atoms with E-state index >= 15 is 0 Å². The molecule has 2 heterocycles. The van der Waals surface area contributed by atoms with Crippen molar-refractivity contribution in [2.75, 3.05) is 6.54 Å². The van der Waals surface area contributed by atoms with Crippen molar-refractivity contribution in [3.63, 3.8) is 0 Å². The summed E-state index contributed by atoms with van der Waals surface area (Å²) in [7, 11) is 0. The van der Waals surface area contributed by atoms with Crippen LogP contribution < -0.4 is 10.1 Å². The lowest BCUT2D eigenvalue weighted by Crippen LogP contribution is -2.33. The molecule has 2 N–H and O–H groups in total. The largest absolute Gasteiger partial charge is 0.476 e. The zero-order valence-corrected chi connectivity index (χ0v) is 11.6. The van der Waals surface area contributed by atoms with Gasteiger partial charge in [-0.2, -0.15) is 13.9 Å². The van der Waals surface area contributed by atoms with E-state index in [9.17, 15) is 23.5 Å². The number of carboxylic acids is 1. The topological polar surface area (TPSA) is 93.4 Å². The molecule has 3 rings (SSSR count). The number of alkyl halides is 2. The second kappa shape index (κ2) is 5.67. The summed E-state index contributed by atoms with van der Waals surface area (Å²) in [6, 6.07) is 5.73. The summed E-state index contributed by atoms with van der Waals surface area (Å²) >= 11 is 0. The molecule has 1 aromatic carbocycles. The molecular weight excluding hydrogens is 312 g/mol. The number of amides is 1. The predicted octanol–water partition coefficient (Wildman–Crippen LogP) is 1.46. The van der Waals surface area contributed by atoms with Crippen LogP contribution in [0, 0.1) is 0 Å².